The molecule has 0 saturated carbocycles. The van der Waals surface area contributed by atoms with E-state index in [1.807, 2.05) is 0 Å². The van der Waals surface area contributed by atoms with Crippen LogP contribution in [0.5, 0.6) is 0 Å². The lowest BCUT2D eigenvalue weighted by Gasteiger charge is -1.82. The van der Waals surface area contributed by atoms with E-state index in [9.17, 15) is 9.90 Å². The van der Waals surface area contributed by atoms with Gasteiger partial charge in [-0.15, -0.1) is 0 Å². The highest BCUT2D eigenvalue weighted by Crippen LogP contribution is 1.72. The number of aliphatic carboxylic acids is 1. The van der Waals surface area contributed by atoms with Crippen LogP contribution in [-0.2, 0) is 4.79 Å². The minimum absolute atomic E-state index is 0.738. The van der Waals surface area contributed by atoms with Gasteiger partial charge in [-0.3, -0.25) is 0 Å². The second kappa shape index (κ2) is 2.72. The summed E-state index contributed by atoms with van der Waals surface area (Å²) in [4.78, 5) is 9.32. The fourth-order valence-corrected chi connectivity index (χ4v) is 0.154. The number of halogens is 1. The predicted molar refractivity (Wildman–Crippen MR) is 20.0 cm³/mol. The van der Waals surface area contributed by atoms with Gasteiger partial charge in [-0.25, -0.2) is 0 Å². The summed E-state index contributed by atoms with van der Waals surface area (Å²) in [6.45, 7) is 0. The van der Waals surface area contributed by atoms with Gasteiger partial charge in [-0.2, -0.15) is 0 Å². The van der Waals surface area contributed by atoms with Gasteiger partial charge in [0.15, 0.2) is 0 Å². The number of rotatable bonds is 1. The zero-order valence-corrected chi connectivity index (χ0v) is 3.61. The maximum Gasteiger partial charge on any atom is 0.0651 e. The van der Waals surface area contributed by atoms with Crippen molar-refractivity contribution in [3.05, 3.63) is 11.6 Å². The number of hydrogen-bond acceptors (Lipinski definition) is 2. The Morgan fingerprint density at radius 2 is 2.33 bits per heavy atom. The molecule has 0 aliphatic rings. The third kappa shape index (κ3) is 3.50. The van der Waals surface area contributed by atoms with E-state index in [1.165, 1.54) is 0 Å². The minimum Gasteiger partial charge on any atom is -0.545 e. The molecule has 2 nitrogen and oxygen atoms in total. The molecule has 34 valence electrons. The zero-order valence-electron chi connectivity index (χ0n) is 2.85. The average molecular weight is 106 g/mol. The van der Waals surface area contributed by atoms with Crippen LogP contribution in [0.2, 0.25) is 0 Å². The first kappa shape index (κ1) is 5.50. The number of carboxylic acid groups (broad SMARTS) is 1. The molecule has 0 aromatic rings. The predicted octanol–water partition coefficient (Wildman–Crippen LogP) is -0.511. The van der Waals surface area contributed by atoms with Gasteiger partial charge in [-0.05, 0) is 6.08 Å². The summed E-state index contributed by atoms with van der Waals surface area (Å²) in [6, 6.07) is 0. The van der Waals surface area contributed by atoms with Gasteiger partial charge in [0, 0.05) is 5.54 Å². The molecule has 0 aromatic heterocycles. The first-order valence-electron chi connectivity index (χ1n) is 1.25. The molecule has 0 amide bonds. The quantitative estimate of drug-likeness (QED) is 0.422. The van der Waals surface area contributed by atoms with Crippen molar-refractivity contribution in [3.8, 4) is 0 Å². The van der Waals surface area contributed by atoms with Gasteiger partial charge in [0.05, 0.1) is 5.97 Å². The summed E-state index contributed by atoms with van der Waals surface area (Å²) in [7, 11) is 0. The monoisotopic (exact) mass is 105 g/mol. The summed E-state index contributed by atoms with van der Waals surface area (Å²) in [5.74, 6) is -1.27. The Kier molecular flexibility index (Phi) is 2.50. The molecular weight excluding hydrogens is 103 g/mol. The molecule has 3 heteroatoms. The Morgan fingerprint density at radius 3 is 2.33 bits per heavy atom. The first-order chi connectivity index (χ1) is 2.77. The van der Waals surface area contributed by atoms with Crippen LogP contribution in [0.25, 0.3) is 0 Å². The van der Waals surface area contributed by atoms with E-state index in [-0.39, 0.29) is 0 Å². The highest BCUT2D eigenvalue weighted by Gasteiger charge is 1.62. The Hall–Kier alpha value is -0.500. The molecule has 0 N–H and O–H groups in total. The lowest BCUT2D eigenvalue weighted by molar-refractivity contribution is -0.297. The molecule has 6 heavy (non-hydrogen) atoms. The Morgan fingerprint density at radius 1 is 1.83 bits per heavy atom. The fraction of sp³-hybridized carbons (Fsp3) is 0. The van der Waals surface area contributed by atoms with E-state index in [2.05, 4.69) is 0 Å². The second-order valence-electron chi connectivity index (χ2n) is 0.612. The van der Waals surface area contributed by atoms with E-state index in [4.69, 9.17) is 11.6 Å². The number of hydrogen-bond donors (Lipinski definition) is 0. The number of carboxylic acids is 1. The minimum atomic E-state index is -1.27. The van der Waals surface area contributed by atoms with E-state index in [0.717, 1.165) is 11.6 Å². The highest BCUT2D eigenvalue weighted by atomic mass is 35.5. The van der Waals surface area contributed by atoms with Crippen LogP contribution < -0.4 is 5.11 Å². The maximum atomic E-state index is 9.32. The van der Waals surface area contributed by atoms with E-state index >= 15 is 0 Å². The molecule has 0 rings (SSSR count). The van der Waals surface area contributed by atoms with Crippen LogP contribution in [0.4, 0.5) is 0 Å². The Balaban J connectivity index is 3.30. The van der Waals surface area contributed by atoms with Gasteiger partial charge in [-0.1, -0.05) is 11.6 Å². The third-order valence-corrected chi connectivity index (χ3v) is 0.325. The van der Waals surface area contributed by atoms with Crippen LogP contribution >= 0.6 is 11.6 Å². The van der Waals surface area contributed by atoms with Gasteiger partial charge in [0.25, 0.3) is 0 Å². The molecule has 0 unspecified atom stereocenters. The second-order valence-corrected chi connectivity index (χ2v) is 0.864. The molecular formula is C3H2ClO2-. The molecule has 0 aromatic carbocycles. The molecule has 0 radical (unpaired) electrons. The van der Waals surface area contributed by atoms with Crippen molar-refractivity contribution >= 4 is 17.6 Å². The Labute approximate surface area is 40.0 Å². The normalized spacial score (nSPS) is 9.50. The summed E-state index contributed by atoms with van der Waals surface area (Å²) in [5, 5.41) is 9.32. The van der Waals surface area contributed by atoms with Crippen LogP contribution in [0.15, 0.2) is 11.6 Å². The molecule has 0 spiro atoms. The zero-order chi connectivity index (χ0) is 4.99. The molecule has 0 aliphatic heterocycles. The third-order valence-electron chi connectivity index (χ3n) is 0.199. The fourth-order valence-electron chi connectivity index (χ4n) is 0.0514. The first-order valence-corrected chi connectivity index (χ1v) is 1.68. The molecule has 0 atom stereocenters. The van der Waals surface area contributed by atoms with Gasteiger partial charge >= 0.3 is 0 Å². The standard InChI is InChI=1S/C3H3ClO2/c4-2-1-3(5)6/h1-2H,(H,5,6)/p-1/b2-1-. The van der Waals surface area contributed by atoms with Crippen LogP contribution in [0.1, 0.15) is 0 Å². The summed E-state index contributed by atoms with van der Waals surface area (Å²) < 4.78 is 0. The maximum absolute atomic E-state index is 9.32. The molecule has 0 saturated heterocycles. The van der Waals surface area contributed by atoms with Crippen LogP contribution in [-0.4, -0.2) is 5.97 Å². The van der Waals surface area contributed by atoms with Gasteiger partial charge in [0.2, 0.25) is 0 Å². The Bertz CT molecular complexity index is 76.9. The van der Waals surface area contributed by atoms with Crippen molar-refractivity contribution in [2.75, 3.05) is 0 Å². The lowest BCUT2D eigenvalue weighted by atomic mass is 10.7. The molecule has 0 bridgehead atoms. The van der Waals surface area contributed by atoms with Gasteiger partial charge < -0.3 is 9.90 Å². The summed E-state index contributed by atoms with van der Waals surface area (Å²) in [5.41, 5.74) is 0.884. The van der Waals surface area contributed by atoms with Crippen molar-refractivity contribution in [2.45, 2.75) is 0 Å². The van der Waals surface area contributed by atoms with Crippen LogP contribution in [0, 0.1) is 0 Å². The SMILES string of the molecule is O=C([O-])/C=C\Cl. The topological polar surface area (TPSA) is 40.1 Å². The van der Waals surface area contributed by atoms with Crippen molar-refractivity contribution in [1.29, 1.82) is 0 Å². The van der Waals surface area contributed by atoms with Crippen molar-refractivity contribution in [2.24, 2.45) is 0 Å². The molecule has 0 aliphatic carbocycles. The van der Waals surface area contributed by atoms with Crippen molar-refractivity contribution in [1.82, 2.24) is 0 Å². The smallest absolute Gasteiger partial charge is 0.0651 e. The van der Waals surface area contributed by atoms with Crippen molar-refractivity contribution < 1.29 is 9.90 Å². The number of carbonyl (C=O) groups is 1. The van der Waals surface area contributed by atoms with Gasteiger partial charge in [0.1, 0.15) is 0 Å². The summed E-state index contributed by atoms with van der Waals surface area (Å²) >= 11 is 4.80. The highest BCUT2D eigenvalue weighted by molar-refractivity contribution is 6.26. The lowest BCUT2D eigenvalue weighted by Crippen LogP contribution is -2.18. The number of carbonyl (C=O) groups excluding carboxylic acids is 1. The van der Waals surface area contributed by atoms with Crippen molar-refractivity contribution in [3.63, 3.8) is 0 Å². The summed E-state index contributed by atoms with van der Waals surface area (Å²) in [6.07, 6.45) is 0.738. The average Bonchev–Trinajstić information content (AvgIpc) is 1.35. The van der Waals surface area contributed by atoms with E-state index in [1.54, 1.807) is 0 Å². The molecule has 0 fully saturated rings. The van der Waals surface area contributed by atoms with E-state index in [0.29, 0.717) is 0 Å². The van der Waals surface area contributed by atoms with E-state index < -0.39 is 5.97 Å². The largest absolute Gasteiger partial charge is 0.545 e. The van der Waals surface area contributed by atoms with Crippen LogP contribution in [0.3, 0.4) is 0 Å². The molecule has 0 heterocycles.